The Morgan fingerprint density at radius 1 is 1.15 bits per heavy atom. The molecule has 2 heterocycles. The summed E-state index contributed by atoms with van der Waals surface area (Å²) in [7, 11) is 1.96. The molecule has 0 radical (unpaired) electrons. The van der Waals surface area contributed by atoms with Gasteiger partial charge >= 0.3 is 6.16 Å². The van der Waals surface area contributed by atoms with Gasteiger partial charge in [-0.1, -0.05) is 15.9 Å². The molecule has 5 N–H and O–H groups in total. The molecule has 3 aromatic rings. The molecule has 0 spiro atoms. The number of ether oxygens (including phenoxy) is 2. The molecule has 0 bridgehead atoms. The van der Waals surface area contributed by atoms with Crippen LogP contribution in [0.3, 0.4) is 0 Å². The molecule has 1 aliphatic heterocycles. The third kappa shape index (κ3) is 5.90. The van der Waals surface area contributed by atoms with Gasteiger partial charge in [-0.05, 0) is 44.2 Å². The highest BCUT2D eigenvalue weighted by Gasteiger charge is 2.33. The van der Waals surface area contributed by atoms with Crippen molar-refractivity contribution in [2.24, 2.45) is 0 Å². The molecule has 0 saturated carbocycles. The molecule has 182 valence electrons. The minimum atomic E-state index is -3.49. The van der Waals surface area contributed by atoms with E-state index in [0.717, 1.165) is 0 Å². The number of likely N-dealkylation sites (tertiary alicyclic amines) is 1. The Kier molecular flexibility index (Phi) is 6.90. The highest BCUT2D eigenvalue weighted by Crippen LogP contribution is 2.37. The molecule has 4 rings (SSSR count). The van der Waals surface area contributed by atoms with Crippen molar-refractivity contribution < 1.29 is 34.3 Å². The van der Waals surface area contributed by atoms with Crippen LogP contribution < -0.4 is 14.8 Å². The van der Waals surface area contributed by atoms with Crippen molar-refractivity contribution in [2.45, 2.75) is 24.6 Å². The average molecular weight is 539 g/mol. The predicted octanol–water partition coefficient (Wildman–Crippen LogP) is 2.08. The first-order valence-corrected chi connectivity index (χ1v) is 11.2. The highest BCUT2D eigenvalue weighted by atomic mass is 79.9. The standard InChI is InChI=1S/C22H24BrFN4O6/c1-28-6-4-21(29,5-7-28)11-33-18-10-17-14(9-19(18)34-22(30,31)32)20(26-12-25-17)27-16-3-2-13(23)8-15(16)24/h2-3,8-10,12,29-32H,4-7,11H2,1H3,(H,25,26,27). The number of nitrogens with zero attached hydrogens (tertiary/aromatic N) is 3. The van der Waals surface area contributed by atoms with E-state index in [-0.39, 0.29) is 29.6 Å². The third-order valence-corrected chi connectivity index (χ3v) is 6.04. The molecule has 1 fully saturated rings. The van der Waals surface area contributed by atoms with Gasteiger partial charge in [-0.15, -0.1) is 0 Å². The Labute approximate surface area is 202 Å². The van der Waals surface area contributed by atoms with Crippen LogP contribution in [0, 0.1) is 5.82 Å². The first-order valence-electron chi connectivity index (χ1n) is 10.4. The molecule has 34 heavy (non-hydrogen) atoms. The van der Waals surface area contributed by atoms with Gasteiger partial charge in [-0.2, -0.15) is 0 Å². The zero-order chi connectivity index (χ0) is 24.5. The molecule has 0 aliphatic carbocycles. The molecule has 1 aliphatic rings. The fourth-order valence-corrected chi connectivity index (χ4v) is 3.95. The summed E-state index contributed by atoms with van der Waals surface area (Å²) in [6.45, 7) is 1.31. The van der Waals surface area contributed by atoms with Gasteiger partial charge in [0.25, 0.3) is 0 Å². The van der Waals surface area contributed by atoms with Gasteiger partial charge in [0.2, 0.25) is 0 Å². The Morgan fingerprint density at radius 3 is 2.56 bits per heavy atom. The number of rotatable bonds is 7. The smallest absolute Gasteiger partial charge is 0.453 e. The van der Waals surface area contributed by atoms with Crippen molar-refractivity contribution >= 4 is 38.3 Å². The normalized spacial score (nSPS) is 16.4. The quantitative estimate of drug-likeness (QED) is 0.284. The van der Waals surface area contributed by atoms with Gasteiger partial charge in [-0.3, -0.25) is 0 Å². The van der Waals surface area contributed by atoms with Crippen LogP contribution in [0.2, 0.25) is 0 Å². The number of anilines is 2. The molecular formula is C22H24BrFN4O6. The number of piperidine rings is 1. The molecular weight excluding hydrogens is 515 g/mol. The summed E-state index contributed by atoms with van der Waals surface area (Å²) in [5.41, 5.74) is -0.561. The van der Waals surface area contributed by atoms with E-state index in [0.29, 0.717) is 41.3 Å². The number of fused-ring (bicyclic) bond motifs is 1. The van der Waals surface area contributed by atoms with Crippen molar-refractivity contribution in [1.29, 1.82) is 0 Å². The lowest BCUT2D eigenvalue weighted by Crippen LogP contribution is -2.46. The van der Waals surface area contributed by atoms with E-state index in [9.17, 15) is 24.8 Å². The van der Waals surface area contributed by atoms with Crippen LogP contribution in [0.4, 0.5) is 15.9 Å². The summed E-state index contributed by atoms with van der Waals surface area (Å²) in [4.78, 5) is 10.4. The molecule has 10 nitrogen and oxygen atoms in total. The number of benzene rings is 2. The average Bonchev–Trinajstić information content (AvgIpc) is 2.76. The predicted molar refractivity (Wildman–Crippen MR) is 124 cm³/mol. The second-order valence-electron chi connectivity index (χ2n) is 8.28. The Morgan fingerprint density at radius 2 is 1.88 bits per heavy atom. The maximum absolute atomic E-state index is 14.3. The maximum atomic E-state index is 14.3. The number of nitrogens with one attached hydrogen (secondary N) is 1. The van der Waals surface area contributed by atoms with E-state index in [1.54, 1.807) is 6.07 Å². The number of hydrogen-bond donors (Lipinski definition) is 5. The van der Waals surface area contributed by atoms with Crippen molar-refractivity contribution in [2.75, 3.05) is 32.1 Å². The number of halogens is 2. The monoisotopic (exact) mass is 538 g/mol. The lowest BCUT2D eigenvalue weighted by molar-refractivity contribution is -0.419. The lowest BCUT2D eigenvalue weighted by Gasteiger charge is -2.36. The molecule has 0 unspecified atom stereocenters. The van der Waals surface area contributed by atoms with E-state index < -0.39 is 17.6 Å². The topological polar surface area (TPSA) is 140 Å². The van der Waals surface area contributed by atoms with E-state index in [1.807, 2.05) is 7.05 Å². The fraction of sp³-hybridized carbons (Fsp3) is 0.364. The van der Waals surface area contributed by atoms with E-state index in [4.69, 9.17) is 9.47 Å². The van der Waals surface area contributed by atoms with Crippen LogP contribution in [0.5, 0.6) is 11.5 Å². The summed E-state index contributed by atoms with van der Waals surface area (Å²) in [6.07, 6.45) is -1.24. The van der Waals surface area contributed by atoms with Gasteiger partial charge in [-0.25, -0.2) is 14.4 Å². The second-order valence-corrected chi connectivity index (χ2v) is 9.20. The van der Waals surface area contributed by atoms with Crippen molar-refractivity contribution in [3.05, 3.63) is 46.9 Å². The molecule has 1 aromatic heterocycles. The maximum Gasteiger partial charge on any atom is 0.453 e. The second kappa shape index (κ2) is 9.56. The Balaban J connectivity index is 1.68. The highest BCUT2D eigenvalue weighted by molar-refractivity contribution is 9.10. The third-order valence-electron chi connectivity index (χ3n) is 5.55. The summed E-state index contributed by atoms with van der Waals surface area (Å²) >= 11 is 3.20. The van der Waals surface area contributed by atoms with Crippen LogP contribution in [-0.4, -0.2) is 73.8 Å². The van der Waals surface area contributed by atoms with E-state index in [1.165, 1.54) is 30.6 Å². The number of aliphatic hydroxyl groups is 4. The van der Waals surface area contributed by atoms with E-state index in [2.05, 4.69) is 36.1 Å². The summed E-state index contributed by atoms with van der Waals surface area (Å²) in [6, 6.07) is 7.22. The van der Waals surface area contributed by atoms with Crippen molar-refractivity contribution in [3.8, 4) is 11.5 Å². The first-order chi connectivity index (χ1) is 16.0. The van der Waals surface area contributed by atoms with Gasteiger partial charge < -0.3 is 40.1 Å². The number of hydrogen-bond acceptors (Lipinski definition) is 10. The van der Waals surface area contributed by atoms with Gasteiger partial charge in [0, 0.05) is 29.0 Å². The SMILES string of the molecule is CN1CCC(O)(COc2cc3ncnc(Nc4ccc(Br)cc4F)c3cc2OC(O)(O)O)CC1. The van der Waals surface area contributed by atoms with Crippen LogP contribution in [0.25, 0.3) is 10.9 Å². The first kappa shape index (κ1) is 24.5. The Hall–Kier alpha value is -2.61. The zero-order valence-electron chi connectivity index (χ0n) is 18.2. The van der Waals surface area contributed by atoms with Crippen LogP contribution >= 0.6 is 15.9 Å². The van der Waals surface area contributed by atoms with Gasteiger partial charge in [0.05, 0.1) is 11.2 Å². The minimum Gasteiger partial charge on any atom is -0.487 e. The van der Waals surface area contributed by atoms with E-state index >= 15 is 0 Å². The molecule has 2 aromatic carbocycles. The number of aromatic nitrogens is 2. The summed E-state index contributed by atoms with van der Waals surface area (Å²) in [5.74, 6) is -0.550. The van der Waals surface area contributed by atoms with Crippen LogP contribution in [0.15, 0.2) is 41.1 Å². The molecule has 0 atom stereocenters. The van der Waals surface area contributed by atoms with Crippen LogP contribution in [0.1, 0.15) is 12.8 Å². The minimum absolute atomic E-state index is 0.0147. The van der Waals surface area contributed by atoms with Crippen LogP contribution in [-0.2, 0) is 0 Å². The van der Waals surface area contributed by atoms with Crippen molar-refractivity contribution in [1.82, 2.24) is 14.9 Å². The van der Waals surface area contributed by atoms with Gasteiger partial charge in [0.15, 0.2) is 11.5 Å². The fourth-order valence-electron chi connectivity index (χ4n) is 3.61. The van der Waals surface area contributed by atoms with Crippen molar-refractivity contribution in [3.63, 3.8) is 0 Å². The Bertz CT molecular complexity index is 1180. The largest absolute Gasteiger partial charge is 0.487 e. The molecule has 12 heteroatoms. The summed E-state index contributed by atoms with van der Waals surface area (Å²) in [5, 5.41) is 42.3. The zero-order valence-corrected chi connectivity index (χ0v) is 19.8. The summed E-state index contributed by atoms with van der Waals surface area (Å²) < 4.78 is 25.5. The lowest BCUT2D eigenvalue weighted by atomic mass is 9.93. The molecule has 0 amide bonds. The van der Waals surface area contributed by atoms with Gasteiger partial charge in [0.1, 0.15) is 30.2 Å². The molecule has 1 saturated heterocycles.